The van der Waals surface area contributed by atoms with Crippen molar-refractivity contribution in [2.45, 2.75) is 52.1 Å². The number of nitrogen functional groups attached to an aromatic ring is 1. The highest BCUT2D eigenvalue weighted by molar-refractivity contribution is 5.97. The number of aromatic nitrogens is 3. The molecule has 0 radical (unpaired) electrons. The topological polar surface area (TPSA) is 126 Å². The Morgan fingerprint density at radius 2 is 1.87 bits per heavy atom. The second-order valence-corrected chi connectivity index (χ2v) is 11.2. The lowest BCUT2D eigenvalue weighted by Crippen LogP contribution is -2.51. The molecule has 2 atom stereocenters. The quantitative estimate of drug-likeness (QED) is 0.329. The van der Waals surface area contributed by atoms with Crippen LogP contribution in [0.15, 0.2) is 67.0 Å². The Bertz CT molecular complexity index is 1510. The summed E-state index contributed by atoms with van der Waals surface area (Å²) in [6, 6.07) is 19.2. The van der Waals surface area contributed by atoms with Crippen molar-refractivity contribution < 1.29 is 14.7 Å². The van der Waals surface area contributed by atoms with Gasteiger partial charge in [0.2, 0.25) is 0 Å². The van der Waals surface area contributed by atoms with Crippen LogP contribution < -0.4 is 11.1 Å². The van der Waals surface area contributed by atoms with Gasteiger partial charge in [-0.1, -0.05) is 63.2 Å². The highest BCUT2D eigenvalue weighted by Gasteiger charge is 2.40. The maximum atomic E-state index is 13.0. The molecule has 4 aromatic rings. The fourth-order valence-electron chi connectivity index (χ4n) is 5.60. The molecule has 1 saturated heterocycles. The van der Waals surface area contributed by atoms with Crippen LogP contribution in [0.1, 0.15) is 61.1 Å². The number of fused-ring (bicyclic) bond motifs is 1. The molecule has 1 aliphatic rings. The van der Waals surface area contributed by atoms with Crippen LogP contribution in [0.25, 0.3) is 16.6 Å². The van der Waals surface area contributed by atoms with Gasteiger partial charge >= 0.3 is 6.09 Å². The zero-order valence-corrected chi connectivity index (χ0v) is 22.5. The van der Waals surface area contributed by atoms with Crippen molar-refractivity contribution in [2.75, 3.05) is 12.3 Å². The van der Waals surface area contributed by atoms with Gasteiger partial charge in [0, 0.05) is 41.9 Å². The second-order valence-electron chi connectivity index (χ2n) is 11.2. The van der Waals surface area contributed by atoms with Crippen LogP contribution in [0.5, 0.6) is 0 Å². The molecule has 5 rings (SSSR count). The molecule has 0 bridgehead atoms. The summed E-state index contributed by atoms with van der Waals surface area (Å²) in [5.74, 6) is 0.265. The van der Waals surface area contributed by atoms with Gasteiger partial charge < -0.3 is 21.1 Å². The number of rotatable bonds is 5. The summed E-state index contributed by atoms with van der Waals surface area (Å²) in [7, 11) is 0. The van der Waals surface area contributed by atoms with Crippen molar-refractivity contribution >= 4 is 23.3 Å². The number of carbonyl (C=O) groups is 2. The van der Waals surface area contributed by atoms with E-state index in [9.17, 15) is 14.7 Å². The summed E-state index contributed by atoms with van der Waals surface area (Å²) in [6.45, 7) is 7.11. The molecule has 0 spiro atoms. The van der Waals surface area contributed by atoms with E-state index in [2.05, 4.69) is 42.2 Å². The Hall–Kier alpha value is -4.40. The van der Waals surface area contributed by atoms with Gasteiger partial charge in [-0.2, -0.15) is 5.10 Å². The molecule has 9 nitrogen and oxygen atoms in total. The summed E-state index contributed by atoms with van der Waals surface area (Å²) in [5, 5.41) is 17.3. The van der Waals surface area contributed by atoms with Crippen LogP contribution >= 0.6 is 0 Å². The predicted octanol–water partition coefficient (Wildman–Crippen LogP) is 5.18. The predicted molar refractivity (Wildman–Crippen MR) is 150 cm³/mol. The van der Waals surface area contributed by atoms with E-state index in [-0.39, 0.29) is 23.3 Å². The molecule has 9 heteroatoms. The maximum absolute atomic E-state index is 13.0. The van der Waals surface area contributed by atoms with E-state index >= 15 is 0 Å². The number of likely N-dealkylation sites (tertiary alicyclic amines) is 1. The monoisotopic (exact) mass is 526 g/mol. The van der Waals surface area contributed by atoms with E-state index in [0.717, 1.165) is 22.4 Å². The highest BCUT2D eigenvalue weighted by Crippen LogP contribution is 2.42. The van der Waals surface area contributed by atoms with E-state index in [0.29, 0.717) is 42.8 Å². The normalized spacial score (nSPS) is 17.8. The zero-order valence-electron chi connectivity index (χ0n) is 22.5. The molecular weight excluding hydrogens is 492 g/mol. The third-order valence-electron chi connectivity index (χ3n) is 7.61. The average Bonchev–Trinajstić information content (AvgIpc) is 3.32. The number of hydrogen-bond donors (Lipinski definition) is 3. The van der Waals surface area contributed by atoms with Gasteiger partial charge in [-0.3, -0.25) is 4.79 Å². The largest absolute Gasteiger partial charge is 0.465 e. The number of nitrogens with two attached hydrogens (primary N) is 1. The number of hydrogen-bond acceptors (Lipinski definition) is 5. The Labute approximate surface area is 227 Å². The molecule has 2 unspecified atom stereocenters. The van der Waals surface area contributed by atoms with Gasteiger partial charge in [0.15, 0.2) is 5.82 Å². The van der Waals surface area contributed by atoms with E-state index < -0.39 is 6.09 Å². The van der Waals surface area contributed by atoms with Crippen molar-refractivity contribution in [3.63, 3.8) is 0 Å². The highest BCUT2D eigenvalue weighted by atomic mass is 16.4. The first-order valence-corrected chi connectivity index (χ1v) is 13.2. The minimum atomic E-state index is -0.886. The van der Waals surface area contributed by atoms with Crippen molar-refractivity contribution in [1.29, 1.82) is 0 Å². The van der Waals surface area contributed by atoms with E-state index in [1.165, 1.54) is 6.33 Å². The molecule has 0 aliphatic carbocycles. The minimum absolute atomic E-state index is 0.0812. The number of carboxylic acid groups (broad SMARTS) is 1. The SMILES string of the molecule is CC(C)(C)C1CC(c2cc(-c3cccc(C(=O)NCc4ccccc4)c3)c3c(N)ncnn23)CCN1C(=O)O. The number of nitrogens with zero attached hydrogens (tertiary/aromatic N) is 4. The molecule has 2 aromatic heterocycles. The van der Waals surface area contributed by atoms with Gasteiger partial charge in [-0.25, -0.2) is 14.3 Å². The molecule has 3 heterocycles. The van der Waals surface area contributed by atoms with Crippen LogP contribution in [0, 0.1) is 5.41 Å². The van der Waals surface area contributed by atoms with Crippen LogP contribution in [-0.4, -0.2) is 49.2 Å². The number of amides is 2. The number of anilines is 1. The van der Waals surface area contributed by atoms with Crippen molar-refractivity contribution in [2.24, 2.45) is 5.41 Å². The summed E-state index contributed by atoms with van der Waals surface area (Å²) >= 11 is 0. The first-order chi connectivity index (χ1) is 18.6. The van der Waals surface area contributed by atoms with Crippen LogP contribution in [-0.2, 0) is 6.54 Å². The van der Waals surface area contributed by atoms with Gasteiger partial charge in [0.05, 0.1) is 0 Å². The molecule has 39 heavy (non-hydrogen) atoms. The molecule has 2 amide bonds. The minimum Gasteiger partial charge on any atom is -0.465 e. The fraction of sp³-hybridized carbons (Fsp3) is 0.333. The first kappa shape index (κ1) is 26.2. The molecule has 202 valence electrons. The van der Waals surface area contributed by atoms with E-state index in [4.69, 9.17) is 5.73 Å². The fourth-order valence-corrected chi connectivity index (χ4v) is 5.60. The van der Waals surface area contributed by atoms with Crippen molar-refractivity contribution in [1.82, 2.24) is 24.8 Å². The molecule has 1 fully saturated rings. The number of piperidine rings is 1. The van der Waals surface area contributed by atoms with Crippen molar-refractivity contribution in [3.8, 4) is 11.1 Å². The smallest absolute Gasteiger partial charge is 0.407 e. The molecule has 2 aromatic carbocycles. The standard InChI is InChI=1S/C30H34N6O3/c1-30(2,3)25-15-21(12-13-35(25)29(38)39)24-16-23(26-27(31)33-18-34-36(24)26)20-10-7-11-22(14-20)28(37)32-17-19-8-5-4-6-9-19/h4-11,14,16,18,21,25H,12-13,15,17H2,1-3H3,(H,32,37)(H,38,39)(H2,31,33,34). The number of nitrogens with one attached hydrogen (secondary N) is 1. The van der Waals surface area contributed by atoms with E-state index in [1.54, 1.807) is 11.0 Å². The van der Waals surface area contributed by atoms with Crippen LogP contribution in [0.3, 0.4) is 0 Å². The maximum Gasteiger partial charge on any atom is 0.407 e. The Kier molecular flexibility index (Phi) is 6.99. The zero-order chi connectivity index (χ0) is 27.7. The van der Waals surface area contributed by atoms with Gasteiger partial charge in [-0.05, 0) is 47.6 Å². The molecule has 1 aliphatic heterocycles. The Balaban J connectivity index is 1.49. The van der Waals surface area contributed by atoms with Crippen LogP contribution in [0.2, 0.25) is 0 Å². The van der Waals surface area contributed by atoms with Gasteiger partial charge in [0.1, 0.15) is 11.8 Å². The lowest BCUT2D eigenvalue weighted by molar-refractivity contribution is 0.0519. The lowest BCUT2D eigenvalue weighted by Gasteiger charge is -2.44. The first-order valence-electron chi connectivity index (χ1n) is 13.2. The molecule has 0 saturated carbocycles. The average molecular weight is 527 g/mol. The lowest BCUT2D eigenvalue weighted by atomic mass is 9.76. The Morgan fingerprint density at radius 3 is 2.59 bits per heavy atom. The summed E-state index contributed by atoms with van der Waals surface area (Å²) < 4.78 is 1.83. The van der Waals surface area contributed by atoms with E-state index in [1.807, 2.05) is 53.0 Å². The Morgan fingerprint density at radius 1 is 1.10 bits per heavy atom. The summed E-state index contributed by atoms with van der Waals surface area (Å²) in [6.07, 6.45) is 1.91. The third-order valence-corrected chi connectivity index (χ3v) is 7.61. The number of carbonyl (C=O) groups excluding carboxylic acids is 1. The molecule has 4 N–H and O–H groups in total. The van der Waals surface area contributed by atoms with Crippen molar-refractivity contribution in [3.05, 3.63) is 83.8 Å². The third kappa shape index (κ3) is 5.30. The molecular formula is C30H34N6O3. The van der Waals surface area contributed by atoms with Gasteiger partial charge in [-0.15, -0.1) is 0 Å². The number of benzene rings is 2. The van der Waals surface area contributed by atoms with Crippen LogP contribution in [0.4, 0.5) is 10.6 Å². The summed E-state index contributed by atoms with van der Waals surface area (Å²) in [5.41, 5.74) is 11.0. The second kappa shape index (κ2) is 10.4. The summed E-state index contributed by atoms with van der Waals surface area (Å²) in [4.78, 5) is 30.8. The van der Waals surface area contributed by atoms with Gasteiger partial charge in [0.25, 0.3) is 5.91 Å².